The second-order valence-corrected chi connectivity index (χ2v) is 5.95. The molecule has 5 heteroatoms. The van der Waals surface area contributed by atoms with E-state index >= 15 is 0 Å². The summed E-state index contributed by atoms with van der Waals surface area (Å²) in [6.07, 6.45) is 1.04. The van der Waals surface area contributed by atoms with Crippen molar-refractivity contribution >= 4 is 12.0 Å². The van der Waals surface area contributed by atoms with Gasteiger partial charge in [0.05, 0.1) is 5.92 Å². The number of carbonyl (C=O) groups excluding carboxylic acids is 1. The van der Waals surface area contributed by atoms with E-state index in [2.05, 4.69) is 13.8 Å². The standard InChI is InChI=1S/C13H22N2O3/c1-8-4-10(3)15(5-8)13(18)14-6-9(2)11(7-14)12(16)17/h8-11H,4-7H2,1-3H3,(H,16,17)/t8?,9-,10?,11-/m1/s1. The van der Waals surface area contributed by atoms with Crippen molar-refractivity contribution < 1.29 is 14.7 Å². The number of carboxylic acids is 1. The van der Waals surface area contributed by atoms with Crippen LogP contribution in [0.15, 0.2) is 0 Å². The normalized spacial score (nSPS) is 36.2. The number of nitrogens with zero attached hydrogens (tertiary/aromatic N) is 2. The van der Waals surface area contributed by atoms with Crippen molar-refractivity contribution in [3.05, 3.63) is 0 Å². The van der Waals surface area contributed by atoms with Gasteiger partial charge in [0.25, 0.3) is 0 Å². The molecule has 0 aromatic heterocycles. The first-order valence-electron chi connectivity index (χ1n) is 6.68. The van der Waals surface area contributed by atoms with Crippen LogP contribution in [0.4, 0.5) is 4.79 Å². The quantitative estimate of drug-likeness (QED) is 0.771. The Morgan fingerprint density at radius 2 is 1.78 bits per heavy atom. The van der Waals surface area contributed by atoms with E-state index in [-0.39, 0.29) is 18.0 Å². The monoisotopic (exact) mass is 254 g/mol. The molecule has 0 spiro atoms. The van der Waals surface area contributed by atoms with Gasteiger partial charge in [0, 0.05) is 25.7 Å². The van der Waals surface area contributed by atoms with Crippen molar-refractivity contribution in [2.24, 2.45) is 17.8 Å². The van der Waals surface area contributed by atoms with Gasteiger partial charge in [-0.25, -0.2) is 4.79 Å². The van der Waals surface area contributed by atoms with Crippen LogP contribution in [-0.4, -0.2) is 52.6 Å². The number of aliphatic carboxylic acids is 1. The van der Waals surface area contributed by atoms with Crippen molar-refractivity contribution in [2.75, 3.05) is 19.6 Å². The maximum Gasteiger partial charge on any atom is 0.320 e. The average molecular weight is 254 g/mol. The summed E-state index contributed by atoms with van der Waals surface area (Å²) in [6.45, 7) is 7.83. The van der Waals surface area contributed by atoms with Gasteiger partial charge < -0.3 is 14.9 Å². The van der Waals surface area contributed by atoms with Crippen LogP contribution in [0, 0.1) is 17.8 Å². The summed E-state index contributed by atoms with van der Waals surface area (Å²) in [5, 5.41) is 9.09. The summed E-state index contributed by atoms with van der Waals surface area (Å²) < 4.78 is 0. The fourth-order valence-electron chi connectivity index (χ4n) is 3.19. The second kappa shape index (κ2) is 4.78. The SMILES string of the molecule is CC1CC(C)N(C(=O)N2C[C@@H](C)[C@H](C(=O)O)C2)C1. The Labute approximate surface area is 108 Å². The van der Waals surface area contributed by atoms with Crippen LogP contribution >= 0.6 is 0 Å². The molecule has 0 saturated carbocycles. The van der Waals surface area contributed by atoms with Crippen molar-refractivity contribution in [3.63, 3.8) is 0 Å². The molecule has 2 aliphatic rings. The maximum absolute atomic E-state index is 12.4. The first-order valence-corrected chi connectivity index (χ1v) is 6.68. The molecular formula is C13H22N2O3. The molecule has 2 unspecified atom stereocenters. The minimum atomic E-state index is -0.791. The number of rotatable bonds is 1. The number of likely N-dealkylation sites (tertiary alicyclic amines) is 2. The van der Waals surface area contributed by atoms with E-state index < -0.39 is 11.9 Å². The van der Waals surface area contributed by atoms with E-state index in [0.29, 0.717) is 19.0 Å². The van der Waals surface area contributed by atoms with E-state index in [1.165, 1.54) is 0 Å². The van der Waals surface area contributed by atoms with Gasteiger partial charge in [-0.2, -0.15) is 0 Å². The number of urea groups is 1. The van der Waals surface area contributed by atoms with Gasteiger partial charge in [-0.15, -0.1) is 0 Å². The van der Waals surface area contributed by atoms with Crippen molar-refractivity contribution in [1.82, 2.24) is 9.80 Å². The lowest BCUT2D eigenvalue weighted by atomic mass is 9.99. The first-order chi connectivity index (χ1) is 8.40. The molecular weight excluding hydrogens is 232 g/mol. The van der Waals surface area contributed by atoms with Gasteiger partial charge in [-0.3, -0.25) is 4.79 Å². The van der Waals surface area contributed by atoms with E-state index in [4.69, 9.17) is 5.11 Å². The Bertz CT molecular complexity index is 358. The molecule has 4 atom stereocenters. The molecule has 2 heterocycles. The maximum atomic E-state index is 12.4. The summed E-state index contributed by atoms with van der Waals surface area (Å²) >= 11 is 0. The number of amides is 2. The Morgan fingerprint density at radius 3 is 2.22 bits per heavy atom. The third kappa shape index (κ3) is 2.31. The zero-order valence-electron chi connectivity index (χ0n) is 11.3. The van der Waals surface area contributed by atoms with Crippen LogP contribution in [0.2, 0.25) is 0 Å². The zero-order valence-corrected chi connectivity index (χ0v) is 11.3. The minimum Gasteiger partial charge on any atom is -0.481 e. The van der Waals surface area contributed by atoms with Gasteiger partial charge in [0.15, 0.2) is 0 Å². The summed E-state index contributed by atoms with van der Waals surface area (Å²) in [5.74, 6) is -0.619. The molecule has 2 aliphatic heterocycles. The molecule has 0 aromatic rings. The van der Waals surface area contributed by atoms with Gasteiger partial charge >= 0.3 is 12.0 Å². The number of hydrogen-bond donors (Lipinski definition) is 1. The van der Waals surface area contributed by atoms with Crippen LogP contribution in [0.3, 0.4) is 0 Å². The lowest BCUT2D eigenvalue weighted by Crippen LogP contribution is -2.44. The smallest absolute Gasteiger partial charge is 0.320 e. The summed E-state index contributed by atoms with van der Waals surface area (Å²) in [4.78, 5) is 27.0. The molecule has 2 fully saturated rings. The van der Waals surface area contributed by atoms with Crippen LogP contribution in [0.1, 0.15) is 27.2 Å². The van der Waals surface area contributed by atoms with Gasteiger partial charge in [0.2, 0.25) is 0 Å². The fraction of sp³-hybridized carbons (Fsp3) is 0.846. The molecule has 2 saturated heterocycles. The van der Waals surface area contributed by atoms with Crippen LogP contribution in [0.5, 0.6) is 0 Å². The predicted octanol–water partition coefficient (Wildman–Crippen LogP) is 1.49. The topological polar surface area (TPSA) is 60.9 Å². The highest BCUT2D eigenvalue weighted by Gasteiger charge is 2.40. The molecule has 5 nitrogen and oxygen atoms in total. The number of carboxylic acid groups (broad SMARTS) is 1. The fourth-order valence-corrected chi connectivity index (χ4v) is 3.19. The Hall–Kier alpha value is -1.26. The van der Waals surface area contributed by atoms with Gasteiger partial charge in [0.1, 0.15) is 0 Å². The zero-order chi connectivity index (χ0) is 13.4. The van der Waals surface area contributed by atoms with Crippen LogP contribution in [-0.2, 0) is 4.79 Å². The molecule has 0 bridgehead atoms. The number of carbonyl (C=O) groups is 2. The molecule has 2 amide bonds. The molecule has 0 aliphatic carbocycles. The third-order valence-corrected chi connectivity index (χ3v) is 4.23. The lowest BCUT2D eigenvalue weighted by Gasteiger charge is -2.27. The number of hydrogen-bond acceptors (Lipinski definition) is 2. The molecule has 1 N–H and O–H groups in total. The summed E-state index contributed by atoms with van der Waals surface area (Å²) in [5.41, 5.74) is 0. The van der Waals surface area contributed by atoms with Gasteiger partial charge in [-0.05, 0) is 25.2 Å². The van der Waals surface area contributed by atoms with Crippen molar-refractivity contribution in [1.29, 1.82) is 0 Å². The van der Waals surface area contributed by atoms with Crippen molar-refractivity contribution in [3.8, 4) is 0 Å². The molecule has 2 rings (SSSR count). The Kier molecular flexibility index (Phi) is 3.50. The van der Waals surface area contributed by atoms with Gasteiger partial charge in [-0.1, -0.05) is 13.8 Å². The second-order valence-electron chi connectivity index (χ2n) is 5.95. The lowest BCUT2D eigenvalue weighted by molar-refractivity contribution is -0.142. The first kappa shape index (κ1) is 13.2. The summed E-state index contributed by atoms with van der Waals surface area (Å²) in [7, 11) is 0. The Balaban J connectivity index is 2.01. The highest BCUT2D eigenvalue weighted by molar-refractivity contribution is 5.78. The Morgan fingerprint density at radius 1 is 1.11 bits per heavy atom. The molecule has 18 heavy (non-hydrogen) atoms. The molecule has 0 radical (unpaired) electrons. The summed E-state index contributed by atoms with van der Waals surface area (Å²) in [6, 6.07) is 0.286. The highest BCUT2D eigenvalue weighted by atomic mass is 16.4. The molecule has 0 aromatic carbocycles. The predicted molar refractivity (Wildman–Crippen MR) is 67.2 cm³/mol. The third-order valence-electron chi connectivity index (χ3n) is 4.23. The van der Waals surface area contributed by atoms with E-state index in [0.717, 1.165) is 13.0 Å². The van der Waals surface area contributed by atoms with Crippen LogP contribution < -0.4 is 0 Å². The van der Waals surface area contributed by atoms with E-state index in [1.807, 2.05) is 11.8 Å². The largest absolute Gasteiger partial charge is 0.481 e. The molecule has 102 valence electrons. The van der Waals surface area contributed by atoms with E-state index in [9.17, 15) is 9.59 Å². The average Bonchev–Trinajstić information content (AvgIpc) is 2.81. The van der Waals surface area contributed by atoms with Crippen LogP contribution in [0.25, 0.3) is 0 Å². The minimum absolute atomic E-state index is 0.0162. The van der Waals surface area contributed by atoms with E-state index in [1.54, 1.807) is 4.90 Å². The van der Waals surface area contributed by atoms with Crippen molar-refractivity contribution in [2.45, 2.75) is 33.2 Å². The highest BCUT2D eigenvalue weighted by Crippen LogP contribution is 2.28.